The molecule has 0 radical (unpaired) electrons. The maximum absolute atomic E-state index is 12.8. The molecular weight excluding hydrogens is 468 g/mol. The lowest BCUT2D eigenvalue weighted by Crippen LogP contribution is -2.35. The lowest BCUT2D eigenvalue weighted by Gasteiger charge is -2.26. The molecule has 1 saturated heterocycles. The molecule has 0 unspecified atom stereocenters. The Morgan fingerprint density at radius 3 is 2.78 bits per heavy atom. The lowest BCUT2D eigenvalue weighted by molar-refractivity contribution is -0.118. The van der Waals surface area contributed by atoms with Crippen molar-refractivity contribution in [3.05, 3.63) is 47.4 Å². The van der Waals surface area contributed by atoms with Crippen LogP contribution in [0.2, 0.25) is 0 Å². The Hall–Kier alpha value is -3.75. The molecule has 1 saturated carbocycles. The molecule has 36 heavy (non-hydrogen) atoms. The molecule has 2 aliphatic rings. The van der Waals surface area contributed by atoms with Gasteiger partial charge in [0.25, 0.3) is 0 Å². The minimum absolute atomic E-state index is 0.131. The molecule has 1 aliphatic heterocycles. The number of nitrogens with one attached hydrogen (secondary N) is 2. The van der Waals surface area contributed by atoms with Crippen LogP contribution >= 0.6 is 0 Å². The molecule has 1 aliphatic carbocycles. The summed E-state index contributed by atoms with van der Waals surface area (Å²) in [6.07, 6.45) is 0.645. The molecular formula is C25H25F2N7O2. The molecule has 2 N–H and O–H groups in total. The van der Waals surface area contributed by atoms with Crippen LogP contribution in [0.4, 0.5) is 20.4 Å². The number of nitrogens with zero attached hydrogens (tertiary/aromatic N) is 5. The van der Waals surface area contributed by atoms with Crippen LogP contribution in [-0.4, -0.2) is 70.7 Å². The second-order valence-corrected chi connectivity index (χ2v) is 8.49. The van der Waals surface area contributed by atoms with E-state index in [1.165, 1.54) is 6.20 Å². The Morgan fingerprint density at radius 2 is 2.08 bits per heavy atom. The molecule has 0 bridgehead atoms. The third-order valence-electron chi connectivity index (χ3n) is 6.01. The summed E-state index contributed by atoms with van der Waals surface area (Å²) in [5.74, 6) is 4.39. The number of pyridine rings is 2. The third kappa shape index (κ3) is 5.40. The van der Waals surface area contributed by atoms with Gasteiger partial charge >= 0.3 is 0 Å². The fraction of sp³-hybridized carbons (Fsp3) is 0.400. The van der Waals surface area contributed by atoms with Crippen LogP contribution in [0, 0.1) is 23.7 Å². The molecule has 0 spiro atoms. The summed E-state index contributed by atoms with van der Waals surface area (Å²) in [5.41, 5.74) is 1.78. The van der Waals surface area contributed by atoms with Gasteiger partial charge in [-0.2, -0.15) is 0 Å². The van der Waals surface area contributed by atoms with E-state index >= 15 is 0 Å². The van der Waals surface area contributed by atoms with Crippen LogP contribution in [0.5, 0.6) is 0 Å². The highest BCUT2D eigenvalue weighted by molar-refractivity contribution is 5.97. The summed E-state index contributed by atoms with van der Waals surface area (Å²) in [5, 5.41) is 14.2. The minimum Gasteiger partial charge on any atom is -0.379 e. The number of carbonyl (C=O) groups is 1. The van der Waals surface area contributed by atoms with Crippen molar-refractivity contribution in [3.63, 3.8) is 0 Å². The van der Waals surface area contributed by atoms with Gasteiger partial charge in [0.15, 0.2) is 11.6 Å². The second kappa shape index (κ2) is 10.5. The largest absolute Gasteiger partial charge is 0.379 e. The highest BCUT2D eigenvalue weighted by atomic mass is 19.3. The quantitative estimate of drug-likeness (QED) is 0.503. The van der Waals surface area contributed by atoms with Crippen molar-refractivity contribution in [1.82, 2.24) is 25.1 Å². The van der Waals surface area contributed by atoms with Gasteiger partial charge in [-0.1, -0.05) is 12.0 Å². The van der Waals surface area contributed by atoms with Crippen LogP contribution in [0.1, 0.15) is 26.0 Å². The fourth-order valence-electron chi connectivity index (χ4n) is 3.91. The molecule has 2 atom stereocenters. The van der Waals surface area contributed by atoms with Crippen LogP contribution < -0.4 is 10.6 Å². The lowest BCUT2D eigenvalue weighted by atomic mass is 10.1. The number of carbonyl (C=O) groups excluding carboxylic acids is 1. The van der Waals surface area contributed by atoms with Gasteiger partial charge in [-0.05, 0) is 30.0 Å². The first-order chi connectivity index (χ1) is 18.3. The zero-order chi connectivity index (χ0) is 26.9. The standard InChI is InChI=1S/C25H25F2N7O2/c1-28-24-22-18(11-21(32-33-22)31-25(35)20-10-19(20)23(26)27)16(13-30-24)3-5-17-4-2-15(12-29-17)14-34-6-8-36-9-7-34/h2,4,11-13,19-20,23H,6-10,14H2,1H3,(H,28,30)(H,31,32,35)/t19-,20+/m0/s1/i14D2. The van der Waals surface area contributed by atoms with E-state index in [4.69, 9.17) is 7.48 Å². The van der Waals surface area contributed by atoms with Gasteiger partial charge in [0, 0.05) is 59.0 Å². The van der Waals surface area contributed by atoms with Crippen molar-refractivity contribution < 1.29 is 21.1 Å². The Balaban J connectivity index is 1.38. The molecule has 9 nitrogen and oxygen atoms in total. The molecule has 3 aromatic heterocycles. The Morgan fingerprint density at radius 1 is 1.25 bits per heavy atom. The number of alkyl halides is 2. The number of aromatic nitrogens is 4. The van der Waals surface area contributed by atoms with Crippen molar-refractivity contribution in [2.75, 3.05) is 44.0 Å². The van der Waals surface area contributed by atoms with E-state index in [-0.39, 0.29) is 12.2 Å². The summed E-state index contributed by atoms with van der Waals surface area (Å²) in [7, 11) is 1.68. The van der Waals surface area contributed by atoms with E-state index in [9.17, 15) is 13.6 Å². The smallest absolute Gasteiger partial charge is 0.242 e. The number of amides is 1. The van der Waals surface area contributed by atoms with Crippen molar-refractivity contribution in [3.8, 4) is 11.8 Å². The van der Waals surface area contributed by atoms with Crippen molar-refractivity contribution in [2.45, 2.75) is 19.3 Å². The number of hydrogen-bond acceptors (Lipinski definition) is 8. The molecule has 1 amide bonds. The highest BCUT2D eigenvalue weighted by Gasteiger charge is 2.49. The van der Waals surface area contributed by atoms with Gasteiger partial charge in [-0.25, -0.2) is 18.7 Å². The Labute approximate surface area is 209 Å². The molecule has 186 valence electrons. The molecule has 0 aromatic carbocycles. The molecule has 5 rings (SSSR count). The normalized spacial score (nSPS) is 20.8. The van der Waals surface area contributed by atoms with Crippen LogP contribution in [0.3, 0.4) is 0 Å². The SMILES string of the molecule is [2H]C([2H])(c1ccc(C#Cc2cnc(NC)c3nnc(NC(=O)[C@@H]4C[C@@H]4C(F)F)cc23)nc1)N1CCOCC1. The highest BCUT2D eigenvalue weighted by Crippen LogP contribution is 2.43. The number of ether oxygens (including phenoxy) is 1. The Kier molecular flexibility index (Phi) is 6.26. The zero-order valence-corrected chi connectivity index (χ0v) is 19.5. The van der Waals surface area contributed by atoms with E-state index in [0.29, 0.717) is 59.8 Å². The second-order valence-electron chi connectivity index (χ2n) is 8.49. The monoisotopic (exact) mass is 495 g/mol. The minimum atomic E-state index is -2.53. The first-order valence-electron chi connectivity index (χ1n) is 12.5. The van der Waals surface area contributed by atoms with E-state index in [1.807, 2.05) is 0 Å². The van der Waals surface area contributed by atoms with Gasteiger partial charge in [-0.3, -0.25) is 9.69 Å². The van der Waals surface area contributed by atoms with Crippen LogP contribution in [-0.2, 0) is 16.0 Å². The average Bonchev–Trinajstić information content (AvgIpc) is 3.74. The summed E-state index contributed by atoms with van der Waals surface area (Å²) < 4.78 is 48.0. The summed E-state index contributed by atoms with van der Waals surface area (Å²) in [4.78, 5) is 22.7. The number of anilines is 2. The van der Waals surface area contributed by atoms with Gasteiger partial charge in [0.05, 0.1) is 18.8 Å². The molecule has 3 aromatic rings. The van der Waals surface area contributed by atoms with E-state index in [1.54, 1.807) is 36.3 Å². The average molecular weight is 496 g/mol. The number of morpholine rings is 1. The maximum Gasteiger partial charge on any atom is 0.242 e. The maximum atomic E-state index is 12.8. The molecule has 11 heteroatoms. The number of halogens is 2. The van der Waals surface area contributed by atoms with Crippen molar-refractivity contribution in [1.29, 1.82) is 0 Å². The number of fused-ring (bicyclic) bond motifs is 1. The molecule has 4 heterocycles. The van der Waals surface area contributed by atoms with Crippen LogP contribution in [0.15, 0.2) is 30.6 Å². The van der Waals surface area contributed by atoms with Gasteiger partial charge in [0.2, 0.25) is 12.3 Å². The number of hydrogen-bond donors (Lipinski definition) is 2. The van der Waals surface area contributed by atoms with Crippen molar-refractivity contribution in [2.24, 2.45) is 11.8 Å². The predicted octanol–water partition coefficient (Wildman–Crippen LogP) is 2.53. The van der Waals surface area contributed by atoms with E-state index < -0.39 is 30.7 Å². The third-order valence-corrected chi connectivity index (χ3v) is 6.01. The number of rotatable bonds is 6. The first-order valence-corrected chi connectivity index (χ1v) is 11.5. The summed E-state index contributed by atoms with van der Waals surface area (Å²) in [6.45, 7) is 0.280. The van der Waals surface area contributed by atoms with Gasteiger partial charge in [0.1, 0.15) is 11.2 Å². The fourth-order valence-corrected chi connectivity index (χ4v) is 3.91. The zero-order valence-electron chi connectivity index (χ0n) is 21.5. The summed E-state index contributed by atoms with van der Waals surface area (Å²) >= 11 is 0. The van der Waals surface area contributed by atoms with Crippen molar-refractivity contribution >= 4 is 28.4 Å². The molecule has 2 fully saturated rings. The van der Waals surface area contributed by atoms with Gasteiger partial charge < -0.3 is 15.4 Å². The van der Waals surface area contributed by atoms with Crippen LogP contribution in [0.25, 0.3) is 10.9 Å². The predicted molar refractivity (Wildman–Crippen MR) is 129 cm³/mol. The Bertz CT molecular complexity index is 1410. The topological polar surface area (TPSA) is 105 Å². The summed E-state index contributed by atoms with van der Waals surface area (Å²) in [6, 6.07) is 4.90. The van der Waals surface area contributed by atoms with E-state index in [2.05, 4.69) is 42.6 Å². The van der Waals surface area contributed by atoms with Gasteiger partial charge in [-0.15, -0.1) is 10.2 Å². The van der Waals surface area contributed by atoms with E-state index in [0.717, 1.165) is 0 Å². The first kappa shape index (κ1) is 21.5.